The van der Waals surface area contributed by atoms with Gasteiger partial charge in [-0.15, -0.1) is 11.8 Å². The van der Waals surface area contributed by atoms with Crippen LogP contribution in [0, 0.1) is 0 Å². The van der Waals surface area contributed by atoms with Gasteiger partial charge in [-0.1, -0.05) is 28.1 Å². The fraction of sp³-hybridized carbons (Fsp3) is 0.433. The summed E-state index contributed by atoms with van der Waals surface area (Å²) in [7, 11) is 0. The number of carboxylic acid groups (broad SMARTS) is 1. The summed E-state index contributed by atoms with van der Waals surface area (Å²) in [4.78, 5) is 78.3. The summed E-state index contributed by atoms with van der Waals surface area (Å²) in [6.45, 7) is 4.98. The highest BCUT2D eigenvalue weighted by molar-refractivity contribution is 8.00. The molecule has 18 nitrogen and oxygen atoms in total. The molecule has 270 valence electrons. The number of amides is 3. The summed E-state index contributed by atoms with van der Waals surface area (Å²) in [6.07, 6.45) is 2.07. The number of hydrogen-bond acceptors (Lipinski definition) is 14. The van der Waals surface area contributed by atoms with Crippen LogP contribution in [0.4, 0.5) is 15.9 Å². The number of halogens is 1. The van der Waals surface area contributed by atoms with Crippen LogP contribution in [0.5, 0.6) is 0 Å². The van der Waals surface area contributed by atoms with Gasteiger partial charge in [0.05, 0.1) is 18.5 Å². The molecule has 0 aliphatic carbocycles. The van der Waals surface area contributed by atoms with E-state index < -0.39 is 47.1 Å². The Morgan fingerprint density at radius 2 is 2.08 bits per heavy atom. The van der Waals surface area contributed by atoms with Crippen LogP contribution in [0.3, 0.4) is 0 Å². The average Bonchev–Trinajstić information content (AvgIpc) is 3.65. The number of β-lactam (4-membered cyclic amide) rings is 1. The molecule has 0 saturated carbocycles. The number of thioether (sulfide) groups is 1. The molecule has 2 saturated heterocycles. The van der Waals surface area contributed by atoms with Gasteiger partial charge in [-0.3, -0.25) is 23.9 Å². The van der Waals surface area contributed by atoms with Gasteiger partial charge in [0.2, 0.25) is 6.10 Å². The number of pyridine rings is 1. The van der Waals surface area contributed by atoms with Crippen molar-refractivity contribution in [3.05, 3.63) is 39.6 Å². The number of anilines is 2. The minimum atomic E-state index is -1.40. The molecule has 3 aliphatic rings. The zero-order chi connectivity index (χ0) is 36.4. The molecule has 3 aromatic heterocycles. The van der Waals surface area contributed by atoms with E-state index in [9.17, 15) is 29.1 Å². The van der Waals surface area contributed by atoms with Crippen molar-refractivity contribution in [3.63, 3.8) is 0 Å². The normalized spacial score (nSPS) is 20.0. The van der Waals surface area contributed by atoms with Crippen molar-refractivity contribution >= 4 is 92.8 Å². The highest BCUT2D eigenvalue weighted by atomic mass is 35.5. The van der Waals surface area contributed by atoms with Crippen LogP contribution in [-0.4, -0.2) is 103 Å². The van der Waals surface area contributed by atoms with Crippen LogP contribution in [0.2, 0.25) is 4.34 Å². The van der Waals surface area contributed by atoms with Crippen LogP contribution in [0.15, 0.2) is 34.8 Å². The van der Waals surface area contributed by atoms with Crippen LogP contribution in [0.1, 0.15) is 38.4 Å². The quantitative estimate of drug-likeness (QED) is 0.0576. The van der Waals surface area contributed by atoms with E-state index in [2.05, 4.69) is 26.1 Å². The van der Waals surface area contributed by atoms with Gasteiger partial charge in [-0.05, 0) is 56.9 Å². The number of carbonyl (C=O) groups excluding carboxylic acids is 4. The monoisotopic (exact) mass is 761 g/mol. The number of oxime groups is 1. The number of carbonyl (C=O) groups is 5. The summed E-state index contributed by atoms with van der Waals surface area (Å²) in [5.74, 6) is -2.08. The molecule has 6 N–H and O–H groups in total. The summed E-state index contributed by atoms with van der Waals surface area (Å²) < 4.78 is 9.00. The van der Waals surface area contributed by atoms with Crippen molar-refractivity contribution in [3.8, 4) is 0 Å². The van der Waals surface area contributed by atoms with Crippen LogP contribution in [0.25, 0.3) is 11.2 Å². The fourth-order valence-electron chi connectivity index (χ4n) is 5.99. The Hall–Kier alpha value is -4.79. The molecule has 0 radical (unpaired) electrons. The Balaban J connectivity index is 1.25. The van der Waals surface area contributed by atoms with Crippen molar-refractivity contribution in [2.75, 3.05) is 36.5 Å². The largest absolute Gasteiger partial charge is 0.478 e. The third-order valence-corrected chi connectivity index (χ3v) is 10.9. The molecule has 0 spiro atoms. The number of ether oxygens (including phenoxy) is 1. The number of aromatic nitrogens is 4. The number of rotatable bonds is 12. The topological polar surface area (TPSA) is 236 Å². The number of hydrogen-bond donors (Lipinski definition) is 5. The van der Waals surface area contributed by atoms with E-state index in [1.807, 2.05) is 27.5 Å². The Morgan fingerprint density at radius 3 is 2.75 bits per heavy atom. The Labute approximate surface area is 303 Å². The van der Waals surface area contributed by atoms with Gasteiger partial charge >= 0.3 is 23.7 Å². The van der Waals surface area contributed by atoms with Gasteiger partial charge in [0.1, 0.15) is 33.5 Å². The number of nitrogens with zero attached hydrogens (tertiary/aromatic N) is 6. The number of allylic oxidation sites excluding steroid dienone is 1. The standard InChI is InChI=1S/C30H33ClN10O8S2/c1-3-48-30(47)37-29-36-23-17(40(29)16-6-8-33-9-7-16)5-4-10-39(23)11-15-13-50-26-21(25(44)41(26)18(15)12-42)34-24(43)20(38-49-14(2)27(45)46)19-22(31)51-28(32)35-19/h4-5,10,12,14,16,21,26,33H,3,6-9,11,13H2,1-2H3,(H4,32,34,35,43,45,46)/p+1/b38-20-/t14-,21?,26?/m0/s1. The summed E-state index contributed by atoms with van der Waals surface area (Å²) in [6, 6.07) is 2.80. The van der Waals surface area contributed by atoms with E-state index in [1.54, 1.807) is 6.92 Å². The first-order valence-electron chi connectivity index (χ1n) is 15.9. The maximum Gasteiger partial charge on any atom is 0.415 e. The Bertz CT molecular complexity index is 1960. The molecular formula is C30H34ClN10O8S2+. The highest BCUT2D eigenvalue weighted by Gasteiger charge is 2.53. The molecule has 0 aromatic carbocycles. The number of piperidine rings is 1. The van der Waals surface area contributed by atoms with E-state index in [4.69, 9.17) is 31.9 Å². The average molecular weight is 762 g/mol. The van der Waals surface area contributed by atoms with Gasteiger partial charge in [-0.25, -0.2) is 24.5 Å². The molecule has 2 unspecified atom stereocenters. The molecule has 3 aromatic rings. The first-order valence-corrected chi connectivity index (χ1v) is 18.1. The number of nitrogens with two attached hydrogens (primary N) is 1. The van der Waals surface area contributed by atoms with E-state index in [1.165, 1.54) is 23.6 Å². The fourth-order valence-corrected chi connectivity index (χ4v) is 8.27. The van der Waals surface area contributed by atoms with Gasteiger partial charge < -0.3 is 31.0 Å². The molecular weight excluding hydrogens is 728 g/mol. The second kappa shape index (κ2) is 15.2. The van der Waals surface area contributed by atoms with E-state index in [-0.39, 0.29) is 40.1 Å². The predicted molar refractivity (Wildman–Crippen MR) is 186 cm³/mol. The third-order valence-electron chi connectivity index (χ3n) is 8.43. The first kappa shape index (κ1) is 36.0. The van der Waals surface area contributed by atoms with Crippen LogP contribution in [-0.2, 0) is 35.3 Å². The molecule has 6 rings (SSSR count). The second-order valence-electron chi connectivity index (χ2n) is 11.6. The first-order chi connectivity index (χ1) is 24.5. The molecule has 51 heavy (non-hydrogen) atoms. The predicted octanol–water partition coefficient (Wildman–Crippen LogP) is 1.26. The third kappa shape index (κ3) is 7.21. The maximum absolute atomic E-state index is 13.5. The zero-order valence-electron chi connectivity index (χ0n) is 27.3. The van der Waals surface area contributed by atoms with Crippen molar-refractivity contribution < 1.29 is 43.2 Å². The number of fused-ring (bicyclic) bond motifs is 2. The van der Waals surface area contributed by atoms with Crippen molar-refractivity contribution in [2.45, 2.75) is 56.8 Å². The van der Waals surface area contributed by atoms with E-state index in [0.717, 1.165) is 42.8 Å². The number of aliphatic carboxylic acids is 1. The SMILES string of the molecule is CCOC(=O)Nc1nc2c(ccc[n+]2CC2=C(C=O)N3C(=O)C(NC(=O)/C(=N\O[C@@H](C)C(=O)O)c4nc(N)sc4Cl)C3SC2)n1C1CCNCC1. The lowest BCUT2D eigenvalue weighted by Crippen LogP contribution is -2.70. The molecule has 2 fully saturated rings. The minimum absolute atomic E-state index is 0.00861. The number of aldehydes is 1. The van der Waals surface area contributed by atoms with E-state index in [0.29, 0.717) is 29.2 Å². The number of nitrogen functional groups attached to an aromatic ring is 1. The molecule has 3 atom stereocenters. The van der Waals surface area contributed by atoms with Gasteiger partial charge in [0, 0.05) is 17.4 Å². The Kier molecular flexibility index (Phi) is 10.7. The number of thiazole rings is 1. The maximum atomic E-state index is 13.5. The molecule has 6 heterocycles. The summed E-state index contributed by atoms with van der Waals surface area (Å²) in [5.41, 5.74) is 7.31. The highest BCUT2D eigenvalue weighted by Crippen LogP contribution is 2.40. The number of imidazole rings is 1. The lowest BCUT2D eigenvalue weighted by Gasteiger charge is -2.49. The zero-order valence-corrected chi connectivity index (χ0v) is 29.7. The lowest BCUT2D eigenvalue weighted by atomic mass is 10.0. The van der Waals surface area contributed by atoms with Crippen molar-refractivity contribution in [1.82, 2.24) is 30.1 Å². The van der Waals surface area contributed by atoms with Gasteiger partial charge in [-0.2, -0.15) is 0 Å². The second-order valence-corrected chi connectivity index (χ2v) is 14.4. The van der Waals surface area contributed by atoms with Gasteiger partial charge in [0.15, 0.2) is 17.1 Å². The van der Waals surface area contributed by atoms with E-state index >= 15 is 0 Å². The van der Waals surface area contributed by atoms with Crippen molar-refractivity contribution in [2.24, 2.45) is 5.16 Å². The lowest BCUT2D eigenvalue weighted by molar-refractivity contribution is -0.664. The van der Waals surface area contributed by atoms with Gasteiger partial charge in [0.25, 0.3) is 11.8 Å². The summed E-state index contributed by atoms with van der Waals surface area (Å²) in [5, 5.41) is 21.0. The van der Waals surface area contributed by atoms with Crippen LogP contribution >= 0.6 is 34.7 Å². The minimum Gasteiger partial charge on any atom is -0.478 e. The molecule has 0 bridgehead atoms. The number of nitrogens with one attached hydrogen (secondary N) is 3. The van der Waals surface area contributed by atoms with Crippen LogP contribution < -0.4 is 26.3 Å². The smallest absolute Gasteiger partial charge is 0.415 e. The molecule has 21 heteroatoms. The molecule has 3 amide bonds. The summed E-state index contributed by atoms with van der Waals surface area (Å²) >= 11 is 8.43. The number of carboxylic acids is 1. The Morgan fingerprint density at radius 1 is 1.31 bits per heavy atom. The molecule has 3 aliphatic heterocycles. The van der Waals surface area contributed by atoms with Crippen molar-refractivity contribution in [1.29, 1.82) is 0 Å².